The van der Waals surface area contributed by atoms with Crippen molar-refractivity contribution >= 4 is 10.9 Å². The number of para-hydroxylation sites is 1. The van der Waals surface area contributed by atoms with Crippen molar-refractivity contribution in [3.63, 3.8) is 0 Å². The van der Waals surface area contributed by atoms with E-state index in [0.29, 0.717) is 0 Å². The molecule has 1 fully saturated rings. The van der Waals surface area contributed by atoms with Crippen molar-refractivity contribution in [3.8, 4) is 0 Å². The Morgan fingerprint density at radius 1 is 1.00 bits per heavy atom. The minimum Gasteiger partial charge on any atom is -0.344 e. The first kappa shape index (κ1) is 17.5. The molecule has 132 valence electrons. The Bertz CT molecular complexity index is 678. The smallest absolute Gasteiger partial charge is 0.0514 e. The van der Waals surface area contributed by atoms with Gasteiger partial charge in [0, 0.05) is 43.8 Å². The molecule has 3 heteroatoms. The minimum atomic E-state index is 1.13. The van der Waals surface area contributed by atoms with Gasteiger partial charge in [0.05, 0.1) is 5.52 Å². The van der Waals surface area contributed by atoms with Crippen molar-refractivity contribution in [2.24, 2.45) is 0 Å². The molecule has 0 atom stereocenters. The van der Waals surface area contributed by atoms with E-state index < -0.39 is 0 Å². The van der Waals surface area contributed by atoms with Crippen molar-refractivity contribution in [1.29, 1.82) is 0 Å². The molecule has 1 aliphatic heterocycles. The van der Waals surface area contributed by atoms with Crippen LogP contribution in [0.25, 0.3) is 10.9 Å². The van der Waals surface area contributed by atoms with E-state index in [1.54, 1.807) is 5.56 Å². The number of piperazine rings is 1. The Morgan fingerprint density at radius 2 is 1.75 bits per heavy atom. The molecule has 0 amide bonds. The van der Waals surface area contributed by atoms with Crippen LogP contribution in [0, 0.1) is 13.8 Å². The summed E-state index contributed by atoms with van der Waals surface area (Å²) in [5.41, 5.74) is 5.94. The van der Waals surface area contributed by atoms with Crippen molar-refractivity contribution < 1.29 is 0 Å². The number of hydrogen-bond donors (Lipinski definition) is 0. The molecular weight excluding hydrogens is 294 g/mol. The SMILES string of the molecule is CCCn1c(C)c(CCCN2CCN(C)CC2)c2cccc(C)c21. The van der Waals surface area contributed by atoms with Crippen LogP contribution in [0.15, 0.2) is 18.2 Å². The summed E-state index contributed by atoms with van der Waals surface area (Å²) in [6.07, 6.45) is 3.66. The van der Waals surface area contributed by atoms with Crippen molar-refractivity contribution in [2.45, 2.75) is 46.6 Å². The predicted octanol–water partition coefficient (Wildman–Crippen LogP) is 3.85. The van der Waals surface area contributed by atoms with Gasteiger partial charge in [-0.1, -0.05) is 25.1 Å². The van der Waals surface area contributed by atoms with Crippen LogP contribution >= 0.6 is 0 Å². The van der Waals surface area contributed by atoms with Crippen molar-refractivity contribution in [2.75, 3.05) is 39.8 Å². The van der Waals surface area contributed by atoms with Crippen LogP contribution in [0.5, 0.6) is 0 Å². The molecule has 3 nitrogen and oxygen atoms in total. The lowest BCUT2D eigenvalue weighted by Gasteiger charge is -2.32. The van der Waals surface area contributed by atoms with E-state index in [9.17, 15) is 0 Å². The lowest BCUT2D eigenvalue weighted by atomic mass is 10.0. The number of aromatic nitrogens is 1. The van der Waals surface area contributed by atoms with Crippen LogP contribution < -0.4 is 0 Å². The van der Waals surface area contributed by atoms with Crippen LogP contribution in [0.3, 0.4) is 0 Å². The summed E-state index contributed by atoms with van der Waals surface area (Å²) in [7, 11) is 2.23. The van der Waals surface area contributed by atoms with Gasteiger partial charge in [0.15, 0.2) is 0 Å². The summed E-state index contributed by atoms with van der Waals surface area (Å²) in [4.78, 5) is 5.06. The lowest BCUT2D eigenvalue weighted by molar-refractivity contribution is 0.153. The van der Waals surface area contributed by atoms with Crippen LogP contribution in [0.1, 0.15) is 36.6 Å². The molecule has 2 aromatic rings. The topological polar surface area (TPSA) is 11.4 Å². The van der Waals surface area contributed by atoms with Gasteiger partial charge in [-0.05, 0) is 57.8 Å². The minimum absolute atomic E-state index is 1.13. The predicted molar refractivity (Wildman–Crippen MR) is 104 cm³/mol. The zero-order valence-corrected chi connectivity index (χ0v) is 15.9. The molecule has 0 saturated carbocycles. The van der Waals surface area contributed by atoms with E-state index in [1.165, 1.54) is 74.1 Å². The fourth-order valence-electron chi connectivity index (χ4n) is 4.16. The zero-order valence-electron chi connectivity index (χ0n) is 15.9. The van der Waals surface area contributed by atoms with Crippen LogP contribution in [-0.2, 0) is 13.0 Å². The number of hydrogen-bond acceptors (Lipinski definition) is 2. The maximum Gasteiger partial charge on any atom is 0.0514 e. The number of benzene rings is 1. The van der Waals surface area contributed by atoms with Gasteiger partial charge in [0.25, 0.3) is 0 Å². The fraction of sp³-hybridized carbons (Fsp3) is 0.619. The van der Waals surface area contributed by atoms with Gasteiger partial charge in [-0.2, -0.15) is 0 Å². The fourth-order valence-corrected chi connectivity index (χ4v) is 4.16. The van der Waals surface area contributed by atoms with E-state index >= 15 is 0 Å². The highest BCUT2D eigenvalue weighted by atomic mass is 15.2. The molecule has 24 heavy (non-hydrogen) atoms. The van der Waals surface area contributed by atoms with Crippen LogP contribution in [0.4, 0.5) is 0 Å². The summed E-state index contributed by atoms with van der Waals surface area (Å²) in [5.74, 6) is 0. The highest BCUT2D eigenvalue weighted by Gasteiger charge is 2.16. The largest absolute Gasteiger partial charge is 0.344 e. The Hall–Kier alpha value is -1.32. The second-order valence-corrected chi connectivity index (χ2v) is 7.44. The van der Waals surface area contributed by atoms with Gasteiger partial charge >= 0.3 is 0 Å². The Kier molecular flexibility index (Phi) is 5.62. The number of likely N-dealkylation sites (N-methyl/N-ethyl adjacent to an activating group) is 1. The molecule has 1 aliphatic rings. The van der Waals surface area contributed by atoms with Gasteiger partial charge < -0.3 is 14.4 Å². The molecule has 1 aromatic carbocycles. The molecule has 1 saturated heterocycles. The molecule has 0 radical (unpaired) electrons. The van der Waals surface area contributed by atoms with Crippen molar-refractivity contribution in [3.05, 3.63) is 35.0 Å². The highest BCUT2D eigenvalue weighted by Crippen LogP contribution is 2.29. The average Bonchev–Trinajstić information content (AvgIpc) is 2.84. The van der Waals surface area contributed by atoms with Gasteiger partial charge in [0.1, 0.15) is 0 Å². The molecular formula is C21H33N3. The van der Waals surface area contributed by atoms with Crippen molar-refractivity contribution in [1.82, 2.24) is 14.4 Å². The molecule has 0 spiro atoms. The first-order valence-electron chi connectivity index (χ1n) is 9.60. The van der Waals surface area contributed by atoms with Crippen LogP contribution in [-0.4, -0.2) is 54.1 Å². The first-order chi connectivity index (χ1) is 11.6. The third kappa shape index (κ3) is 3.52. The number of nitrogens with zero attached hydrogens (tertiary/aromatic N) is 3. The Balaban J connectivity index is 1.74. The maximum absolute atomic E-state index is 2.63. The maximum atomic E-state index is 2.63. The number of fused-ring (bicyclic) bond motifs is 1. The molecule has 1 aromatic heterocycles. The molecule has 0 unspecified atom stereocenters. The van der Waals surface area contributed by atoms with Gasteiger partial charge in [-0.25, -0.2) is 0 Å². The Labute approximate surface area is 147 Å². The highest BCUT2D eigenvalue weighted by molar-refractivity contribution is 5.88. The monoisotopic (exact) mass is 327 g/mol. The quantitative estimate of drug-likeness (QED) is 0.798. The first-order valence-corrected chi connectivity index (χ1v) is 9.60. The average molecular weight is 328 g/mol. The second kappa shape index (κ2) is 7.71. The standard InChI is InChI=1S/C21H33N3/c1-5-11-24-18(3)19(20-9-6-8-17(2)21(20)24)10-7-12-23-15-13-22(4)14-16-23/h6,8-9H,5,7,10-16H2,1-4H3. The summed E-state index contributed by atoms with van der Waals surface area (Å²) in [6, 6.07) is 6.80. The van der Waals surface area contributed by atoms with Gasteiger partial charge in [-0.3, -0.25) is 0 Å². The lowest BCUT2D eigenvalue weighted by Crippen LogP contribution is -2.44. The summed E-state index contributed by atoms with van der Waals surface area (Å²) >= 11 is 0. The summed E-state index contributed by atoms with van der Waals surface area (Å²) in [6.45, 7) is 14.1. The van der Waals surface area contributed by atoms with Crippen LogP contribution in [0.2, 0.25) is 0 Å². The summed E-state index contributed by atoms with van der Waals surface area (Å²) in [5, 5.41) is 1.49. The molecule has 0 bridgehead atoms. The zero-order chi connectivity index (χ0) is 17.1. The van der Waals surface area contributed by atoms with E-state index in [4.69, 9.17) is 0 Å². The normalized spacial score (nSPS) is 17.0. The molecule has 3 rings (SSSR count). The second-order valence-electron chi connectivity index (χ2n) is 7.44. The molecule has 0 aliphatic carbocycles. The van der Waals surface area contributed by atoms with Gasteiger partial charge in [0.2, 0.25) is 0 Å². The van der Waals surface area contributed by atoms with E-state index in [1.807, 2.05) is 0 Å². The third-order valence-corrected chi connectivity index (χ3v) is 5.62. The molecule has 2 heterocycles. The summed E-state index contributed by atoms with van der Waals surface area (Å²) < 4.78 is 2.55. The molecule has 0 N–H and O–H groups in total. The third-order valence-electron chi connectivity index (χ3n) is 5.62. The number of aryl methyl sites for hydroxylation is 3. The van der Waals surface area contributed by atoms with Gasteiger partial charge in [-0.15, -0.1) is 0 Å². The number of rotatable bonds is 6. The Morgan fingerprint density at radius 3 is 2.46 bits per heavy atom. The van der Waals surface area contributed by atoms with E-state index in [2.05, 4.69) is 60.4 Å². The van der Waals surface area contributed by atoms with E-state index in [-0.39, 0.29) is 0 Å². The van der Waals surface area contributed by atoms with E-state index in [0.717, 1.165) is 6.54 Å².